The number of aromatic nitrogens is 3. The van der Waals surface area contributed by atoms with Gasteiger partial charge in [-0.05, 0) is 50.1 Å². The molecule has 0 atom stereocenters. The third kappa shape index (κ3) is 5.53. The van der Waals surface area contributed by atoms with Crippen LogP contribution in [0.1, 0.15) is 40.2 Å². The normalized spacial score (nSPS) is 14.0. The van der Waals surface area contributed by atoms with E-state index in [1.807, 2.05) is 0 Å². The van der Waals surface area contributed by atoms with E-state index in [1.165, 1.54) is 50.1 Å². The lowest BCUT2D eigenvalue weighted by atomic mass is 10.2. The average Bonchev–Trinajstić information content (AvgIpc) is 3.63. The van der Waals surface area contributed by atoms with Gasteiger partial charge in [0.25, 0.3) is 5.91 Å². The Morgan fingerprint density at radius 2 is 1.83 bits per heavy atom. The van der Waals surface area contributed by atoms with Gasteiger partial charge in [0.15, 0.2) is 0 Å². The number of alkyl halides is 3. The fraction of sp³-hybridized carbons (Fsp3) is 0.292. The van der Waals surface area contributed by atoms with E-state index in [9.17, 15) is 22.8 Å². The van der Waals surface area contributed by atoms with Gasteiger partial charge in [0.05, 0.1) is 36.8 Å². The fourth-order valence-electron chi connectivity index (χ4n) is 3.42. The second kappa shape index (κ2) is 9.80. The molecule has 2 aromatic heterocycles. The Hall–Kier alpha value is -4.22. The Kier molecular flexibility index (Phi) is 6.77. The van der Waals surface area contributed by atoms with Gasteiger partial charge in [0.1, 0.15) is 34.7 Å². The molecule has 0 spiro atoms. The van der Waals surface area contributed by atoms with E-state index in [1.54, 1.807) is 6.92 Å². The van der Waals surface area contributed by atoms with Crippen molar-refractivity contribution >= 4 is 11.8 Å². The molecule has 1 aliphatic carbocycles. The maximum absolute atomic E-state index is 13.4. The van der Waals surface area contributed by atoms with E-state index in [0.29, 0.717) is 29.8 Å². The van der Waals surface area contributed by atoms with Crippen molar-refractivity contribution in [1.29, 1.82) is 0 Å². The van der Waals surface area contributed by atoms with Crippen LogP contribution in [-0.2, 0) is 17.5 Å². The van der Waals surface area contributed by atoms with Crippen LogP contribution in [-0.4, -0.2) is 39.4 Å². The van der Waals surface area contributed by atoms with Gasteiger partial charge >= 0.3 is 6.18 Å². The Morgan fingerprint density at radius 3 is 2.44 bits per heavy atom. The Labute approximate surface area is 204 Å². The highest BCUT2D eigenvalue weighted by Gasteiger charge is 2.51. The van der Waals surface area contributed by atoms with Gasteiger partial charge in [-0.15, -0.1) is 0 Å². The van der Waals surface area contributed by atoms with Crippen LogP contribution in [0.4, 0.5) is 13.2 Å². The molecule has 9 nitrogen and oxygen atoms in total. The van der Waals surface area contributed by atoms with Gasteiger partial charge in [-0.1, -0.05) is 0 Å². The number of pyridine rings is 1. The minimum Gasteiger partial charge on any atom is -0.497 e. The SMILES string of the molecule is COc1ccc(Oc2ccc(CNC(=O)C3(NC(=O)c4cncnc4C)CC3)nc2)c(C(F)(F)F)c1. The van der Waals surface area contributed by atoms with Crippen LogP contribution >= 0.6 is 0 Å². The topological polar surface area (TPSA) is 115 Å². The first-order valence-electron chi connectivity index (χ1n) is 10.9. The molecule has 1 fully saturated rings. The molecule has 4 rings (SSSR count). The summed E-state index contributed by atoms with van der Waals surface area (Å²) >= 11 is 0. The van der Waals surface area contributed by atoms with E-state index in [-0.39, 0.29) is 24.0 Å². The lowest BCUT2D eigenvalue weighted by Gasteiger charge is -2.17. The van der Waals surface area contributed by atoms with Crippen molar-refractivity contribution in [2.24, 2.45) is 0 Å². The number of hydrogen-bond acceptors (Lipinski definition) is 7. The van der Waals surface area contributed by atoms with E-state index in [2.05, 4.69) is 25.6 Å². The predicted molar refractivity (Wildman–Crippen MR) is 120 cm³/mol. The van der Waals surface area contributed by atoms with Crippen molar-refractivity contribution in [2.45, 2.75) is 38.0 Å². The monoisotopic (exact) mass is 501 g/mol. The van der Waals surface area contributed by atoms with E-state index in [4.69, 9.17) is 9.47 Å². The first-order valence-corrected chi connectivity index (χ1v) is 10.9. The maximum atomic E-state index is 13.4. The number of carbonyl (C=O) groups excluding carboxylic acids is 2. The van der Waals surface area contributed by atoms with Gasteiger partial charge in [0, 0.05) is 6.20 Å². The van der Waals surface area contributed by atoms with Gasteiger partial charge in [-0.25, -0.2) is 9.97 Å². The van der Waals surface area contributed by atoms with Crippen LogP contribution in [0.15, 0.2) is 49.1 Å². The molecule has 188 valence electrons. The van der Waals surface area contributed by atoms with E-state index in [0.717, 1.165) is 6.07 Å². The van der Waals surface area contributed by atoms with Gasteiger partial charge in [0.2, 0.25) is 5.91 Å². The number of ether oxygens (including phenoxy) is 2. The molecule has 0 bridgehead atoms. The fourth-order valence-corrected chi connectivity index (χ4v) is 3.42. The summed E-state index contributed by atoms with van der Waals surface area (Å²) in [5.41, 5.74) is -0.741. The number of halogens is 3. The zero-order valence-corrected chi connectivity index (χ0v) is 19.3. The smallest absolute Gasteiger partial charge is 0.420 e. The molecule has 1 aliphatic rings. The zero-order chi connectivity index (χ0) is 25.9. The van der Waals surface area contributed by atoms with Gasteiger partial charge < -0.3 is 20.1 Å². The molecule has 0 radical (unpaired) electrons. The predicted octanol–water partition coefficient (Wildman–Crippen LogP) is 3.58. The molecule has 36 heavy (non-hydrogen) atoms. The summed E-state index contributed by atoms with van der Waals surface area (Å²) in [7, 11) is 1.27. The van der Waals surface area contributed by atoms with Crippen molar-refractivity contribution in [2.75, 3.05) is 7.11 Å². The molecule has 1 saturated carbocycles. The molecule has 12 heteroatoms. The van der Waals surface area contributed by atoms with Crippen molar-refractivity contribution in [3.63, 3.8) is 0 Å². The summed E-state index contributed by atoms with van der Waals surface area (Å²) in [6.45, 7) is 1.73. The maximum Gasteiger partial charge on any atom is 0.420 e. The second-order valence-corrected chi connectivity index (χ2v) is 8.19. The number of nitrogens with one attached hydrogen (secondary N) is 2. The highest BCUT2D eigenvalue weighted by Crippen LogP contribution is 2.40. The third-order valence-corrected chi connectivity index (χ3v) is 5.64. The first-order chi connectivity index (χ1) is 17.1. The molecule has 1 aromatic carbocycles. The summed E-state index contributed by atoms with van der Waals surface area (Å²) in [4.78, 5) is 37.2. The van der Waals surface area contributed by atoms with Crippen LogP contribution < -0.4 is 20.1 Å². The van der Waals surface area contributed by atoms with Gasteiger partial charge in [-0.2, -0.15) is 13.2 Å². The lowest BCUT2D eigenvalue weighted by Crippen LogP contribution is -2.49. The van der Waals surface area contributed by atoms with E-state index < -0.39 is 28.9 Å². The third-order valence-electron chi connectivity index (χ3n) is 5.64. The summed E-state index contributed by atoms with van der Waals surface area (Å²) in [5, 5.41) is 5.48. The number of benzene rings is 1. The Morgan fingerprint density at radius 1 is 1.08 bits per heavy atom. The number of carbonyl (C=O) groups is 2. The molecule has 3 aromatic rings. The number of amides is 2. The number of rotatable bonds is 8. The standard InChI is InChI=1S/C24H22F3N5O4/c1-14-18(12-28-13-31-14)21(33)32-23(7-8-23)22(34)30-10-15-3-4-17(11-29-15)36-20-6-5-16(35-2)9-19(20)24(25,26)27/h3-6,9,11-13H,7-8,10H2,1-2H3,(H,30,34)(H,32,33). The second-order valence-electron chi connectivity index (χ2n) is 8.19. The highest BCUT2D eigenvalue weighted by atomic mass is 19.4. The molecule has 2 N–H and O–H groups in total. The van der Waals surface area contributed by atoms with Crippen LogP contribution in [0.2, 0.25) is 0 Å². The summed E-state index contributed by atoms with van der Waals surface area (Å²) in [5.74, 6) is -1.04. The van der Waals surface area contributed by atoms with Crippen LogP contribution in [0.3, 0.4) is 0 Å². The van der Waals surface area contributed by atoms with Gasteiger partial charge in [-0.3, -0.25) is 14.6 Å². The number of hydrogen-bond donors (Lipinski definition) is 2. The molecule has 0 unspecified atom stereocenters. The average molecular weight is 501 g/mol. The van der Waals surface area contributed by atoms with Crippen LogP contribution in [0.25, 0.3) is 0 Å². The molecule has 0 saturated heterocycles. The highest BCUT2D eigenvalue weighted by molar-refractivity contribution is 6.01. The first kappa shape index (κ1) is 24.9. The Bertz CT molecular complexity index is 1280. The summed E-state index contributed by atoms with van der Waals surface area (Å²) < 4.78 is 50.4. The summed E-state index contributed by atoms with van der Waals surface area (Å²) in [6, 6.07) is 6.36. The van der Waals surface area contributed by atoms with Crippen molar-refractivity contribution < 1.29 is 32.2 Å². The molecule has 2 amide bonds. The molecular weight excluding hydrogens is 479 g/mol. The van der Waals surface area contributed by atoms with Crippen molar-refractivity contribution in [1.82, 2.24) is 25.6 Å². The van der Waals surface area contributed by atoms with Crippen molar-refractivity contribution in [3.8, 4) is 17.2 Å². The summed E-state index contributed by atoms with van der Waals surface area (Å²) in [6.07, 6.45) is 0.326. The largest absolute Gasteiger partial charge is 0.497 e. The molecular formula is C24H22F3N5O4. The molecule has 0 aliphatic heterocycles. The van der Waals surface area contributed by atoms with Crippen molar-refractivity contribution in [3.05, 3.63) is 71.6 Å². The molecule has 2 heterocycles. The van der Waals surface area contributed by atoms with Crippen LogP contribution in [0, 0.1) is 6.92 Å². The number of aryl methyl sites for hydroxylation is 1. The Balaban J connectivity index is 1.36. The van der Waals surface area contributed by atoms with Crippen LogP contribution in [0.5, 0.6) is 17.2 Å². The minimum atomic E-state index is -4.64. The minimum absolute atomic E-state index is 0.0516. The zero-order valence-electron chi connectivity index (χ0n) is 19.3. The number of methoxy groups -OCH3 is 1. The number of nitrogens with zero attached hydrogens (tertiary/aromatic N) is 3. The quantitative estimate of drug-likeness (QED) is 0.485. The lowest BCUT2D eigenvalue weighted by molar-refractivity contribution is -0.138. The van der Waals surface area contributed by atoms with E-state index >= 15 is 0 Å².